The number of benzene rings is 1. The van der Waals surface area contributed by atoms with Crippen LogP contribution in [-0.4, -0.2) is 23.7 Å². The Hall–Kier alpha value is -2.48. The summed E-state index contributed by atoms with van der Waals surface area (Å²) in [6.07, 6.45) is -4.57. The van der Waals surface area contributed by atoms with Crippen LogP contribution in [0.25, 0.3) is 11.3 Å². The average Bonchev–Trinajstić information content (AvgIpc) is 2.59. The zero-order chi connectivity index (χ0) is 18.4. The number of aromatic nitrogens is 1. The monoisotopic (exact) mass is 411 g/mol. The third kappa shape index (κ3) is 2.86. The van der Waals surface area contributed by atoms with Crippen molar-refractivity contribution >= 4 is 27.5 Å². The first-order valence-corrected chi connectivity index (χ1v) is 7.75. The molecule has 4 nitrogen and oxygen atoms in total. The van der Waals surface area contributed by atoms with E-state index in [4.69, 9.17) is 4.74 Å². The molecule has 0 bridgehead atoms. The number of nitrogens with zero attached hydrogens (tertiary/aromatic N) is 1. The lowest BCUT2D eigenvalue weighted by Gasteiger charge is -2.18. The van der Waals surface area contributed by atoms with E-state index < -0.39 is 23.3 Å². The lowest BCUT2D eigenvalue weighted by molar-refractivity contribution is -0.137. The molecule has 0 atom stereocenters. The molecular formula is C17H9BrF3NO3. The Kier molecular flexibility index (Phi) is 4.24. The predicted molar refractivity (Wildman–Crippen MR) is 86.3 cm³/mol. The SMILES string of the molecule is COC1=C(Br)C(=O)c2nc(-c3ccccc3C(F)(F)F)ccc2C1=O. The van der Waals surface area contributed by atoms with E-state index >= 15 is 0 Å². The molecule has 0 amide bonds. The van der Waals surface area contributed by atoms with Gasteiger partial charge in [0.15, 0.2) is 5.76 Å². The Morgan fingerprint density at radius 1 is 1.00 bits per heavy atom. The van der Waals surface area contributed by atoms with Crippen molar-refractivity contribution in [2.45, 2.75) is 6.18 Å². The molecule has 1 aromatic carbocycles. The minimum Gasteiger partial charge on any atom is -0.491 e. The van der Waals surface area contributed by atoms with E-state index in [1.165, 1.54) is 37.4 Å². The smallest absolute Gasteiger partial charge is 0.417 e. The van der Waals surface area contributed by atoms with Gasteiger partial charge in [-0.2, -0.15) is 13.2 Å². The summed E-state index contributed by atoms with van der Waals surface area (Å²) in [7, 11) is 1.24. The van der Waals surface area contributed by atoms with Gasteiger partial charge < -0.3 is 4.74 Å². The predicted octanol–water partition coefficient (Wildman–Crippen LogP) is 4.40. The summed E-state index contributed by atoms with van der Waals surface area (Å²) in [5.74, 6) is -1.35. The van der Waals surface area contributed by atoms with Crippen LogP contribution in [0, 0.1) is 0 Å². The zero-order valence-electron chi connectivity index (χ0n) is 12.6. The molecule has 1 heterocycles. The number of carbonyl (C=O) groups is 2. The third-order valence-electron chi connectivity index (χ3n) is 3.67. The molecule has 1 aliphatic rings. The van der Waals surface area contributed by atoms with Crippen LogP contribution in [0.1, 0.15) is 26.4 Å². The molecule has 0 N–H and O–H groups in total. The summed E-state index contributed by atoms with van der Waals surface area (Å²) in [5.41, 5.74) is -1.32. The summed E-state index contributed by atoms with van der Waals surface area (Å²) in [5, 5.41) is 0. The Bertz CT molecular complexity index is 935. The number of rotatable bonds is 2. The van der Waals surface area contributed by atoms with Gasteiger partial charge in [-0.15, -0.1) is 0 Å². The van der Waals surface area contributed by atoms with Crippen LogP contribution < -0.4 is 0 Å². The van der Waals surface area contributed by atoms with Crippen LogP contribution in [0.5, 0.6) is 0 Å². The van der Waals surface area contributed by atoms with E-state index in [-0.39, 0.29) is 32.8 Å². The van der Waals surface area contributed by atoms with Crippen molar-refractivity contribution in [1.29, 1.82) is 0 Å². The molecule has 1 aromatic heterocycles. The van der Waals surface area contributed by atoms with Gasteiger partial charge in [-0.1, -0.05) is 18.2 Å². The number of pyridine rings is 1. The van der Waals surface area contributed by atoms with Crippen LogP contribution in [0.2, 0.25) is 0 Å². The molecule has 2 aromatic rings. The number of hydrogen-bond donors (Lipinski definition) is 0. The highest BCUT2D eigenvalue weighted by atomic mass is 79.9. The van der Waals surface area contributed by atoms with Crippen molar-refractivity contribution in [3.8, 4) is 11.3 Å². The van der Waals surface area contributed by atoms with Gasteiger partial charge in [-0.05, 0) is 34.1 Å². The van der Waals surface area contributed by atoms with E-state index in [1.54, 1.807) is 0 Å². The van der Waals surface area contributed by atoms with Crippen LogP contribution in [0.4, 0.5) is 13.2 Å². The van der Waals surface area contributed by atoms with Gasteiger partial charge >= 0.3 is 6.18 Å². The third-order valence-corrected chi connectivity index (χ3v) is 4.39. The second-order valence-corrected chi connectivity index (χ2v) is 5.93. The number of Topliss-reactive ketones (excluding diaryl/α,β-unsaturated/α-hetero) is 2. The van der Waals surface area contributed by atoms with Crippen molar-refractivity contribution in [2.75, 3.05) is 7.11 Å². The minimum absolute atomic E-state index is 0.0155. The van der Waals surface area contributed by atoms with Gasteiger partial charge in [0.05, 0.1) is 23.9 Å². The average molecular weight is 412 g/mol. The van der Waals surface area contributed by atoms with Crippen molar-refractivity contribution in [3.63, 3.8) is 0 Å². The normalized spacial score (nSPS) is 14.6. The highest BCUT2D eigenvalue weighted by Crippen LogP contribution is 2.37. The molecule has 0 saturated carbocycles. The minimum atomic E-state index is -4.57. The fourth-order valence-corrected chi connectivity index (χ4v) is 3.06. The van der Waals surface area contributed by atoms with Gasteiger partial charge in [-0.3, -0.25) is 9.59 Å². The molecule has 25 heavy (non-hydrogen) atoms. The van der Waals surface area contributed by atoms with Crippen LogP contribution in [0.15, 0.2) is 46.6 Å². The van der Waals surface area contributed by atoms with Crippen LogP contribution in [0.3, 0.4) is 0 Å². The Balaban J connectivity index is 2.19. The molecular weight excluding hydrogens is 403 g/mol. The van der Waals surface area contributed by atoms with Crippen molar-refractivity contribution in [2.24, 2.45) is 0 Å². The second kappa shape index (κ2) is 6.11. The number of alkyl halides is 3. The van der Waals surface area contributed by atoms with Crippen LogP contribution in [-0.2, 0) is 10.9 Å². The topological polar surface area (TPSA) is 56.3 Å². The first-order valence-electron chi connectivity index (χ1n) is 6.96. The lowest BCUT2D eigenvalue weighted by Crippen LogP contribution is -2.22. The van der Waals surface area contributed by atoms with Gasteiger partial charge in [0, 0.05) is 5.56 Å². The molecule has 1 aliphatic carbocycles. The molecule has 0 unspecified atom stereocenters. The maximum Gasteiger partial charge on any atom is 0.417 e. The maximum absolute atomic E-state index is 13.2. The Labute approximate surface area is 148 Å². The van der Waals surface area contributed by atoms with Crippen molar-refractivity contribution in [3.05, 3.63) is 63.5 Å². The van der Waals surface area contributed by atoms with E-state index in [1.807, 2.05) is 0 Å². The lowest BCUT2D eigenvalue weighted by atomic mass is 9.96. The number of hydrogen-bond acceptors (Lipinski definition) is 4. The number of halogens is 4. The van der Waals surface area contributed by atoms with Crippen LogP contribution >= 0.6 is 15.9 Å². The first-order chi connectivity index (χ1) is 11.8. The molecule has 0 spiro atoms. The molecule has 0 saturated heterocycles. The first kappa shape index (κ1) is 17.3. The molecule has 3 rings (SSSR count). The standard InChI is InChI=1S/C17H9BrF3NO3/c1-25-16-12(18)15(24)13-9(14(16)23)6-7-11(22-13)8-4-2-3-5-10(8)17(19,20)21/h2-7H,1H3. The van der Waals surface area contributed by atoms with Gasteiger partial charge in [0.25, 0.3) is 0 Å². The Morgan fingerprint density at radius 3 is 2.32 bits per heavy atom. The molecule has 8 heteroatoms. The van der Waals surface area contributed by atoms with E-state index in [0.29, 0.717) is 0 Å². The fourth-order valence-electron chi connectivity index (χ4n) is 2.53. The summed E-state index contributed by atoms with van der Waals surface area (Å²) < 4.78 is 44.4. The summed E-state index contributed by atoms with van der Waals surface area (Å²) in [6, 6.07) is 7.46. The molecule has 0 aliphatic heterocycles. The maximum atomic E-state index is 13.2. The number of carbonyl (C=O) groups excluding carboxylic acids is 2. The molecule has 0 fully saturated rings. The molecule has 0 radical (unpaired) electrons. The van der Waals surface area contributed by atoms with Gasteiger partial charge in [-0.25, -0.2) is 4.98 Å². The van der Waals surface area contributed by atoms with E-state index in [0.717, 1.165) is 6.07 Å². The number of fused-ring (bicyclic) bond motifs is 1. The van der Waals surface area contributed by atoms with Crippen molar-refractivity contribution < 1.29 is 27.5 Å². The zero-order valence-corrected chi connectivity index (χ0v) is 14.2. The number of ketones is 2. The van der Waals surface area contributed by atoms with E-state index in [9.17, 15) is 22.8 Å². The second-order valence-electron chi connectivity index (χ2n) is 5.14. The van der Waals surface area contributed by atoms with E-state index in [2.05, 4.69) is 20.9 Å². The highest BCUT2D eigenvalue weighted by Gasteiger charge is 2.36. The van der Waals surface area contributed by atoms with Gasteiger partial charge in [0.1, 0.15) is 10.2 Å². The van der Waals surface area contributed by atoms with Gasteiger partial charge in [0.2, 0.25) is 11.6 Å². The Morgan fingerprint density at radius 2 is 1.68 bits per heavy atom. The fraction of sp³-hybridized carbons (Fsp3) is 0.118. The highest BCUT2D eigenvalue weighted by molar-refractivity contribution is 9.12. The largest absolute Gasteiger partial charge is 0.491 e. The summed E-state index contributed by atoms with van der Waals surface area (Å²) >= 11 is 2.98. The number of methoxy groups -OCH3 is 1. The summed E-state index contributed by atoms with van der Waals surface area (Å²) in [4.78, 5) is 28.7. The van der Waals surface area contributed by atoms with Crippen molar-refractivity contribution in [1.82, 2.24) is 4.98 Å². The summed E-state index contributed by atoms with van der Waals surface area (Å²) in [6.45, 7) is 0. The molecule has 128 valence electrons. The number of allylic oxidation sites excluding steroid dienone is 2. The quantitative estimate of drug-likeness (QED) is 0.734. The number of ether oxygens (including phenoxy) is 1.